The number of aromatic nitrogens is 4. The van der Waals surface area contributed by atoms with E-state index < -0.39 is 0 Å². The molecule has 0 N–H and O–H groups in total. The molecular formula is C20H20N4OS. The summed E-state index contributed by atoms with van der Waals surface area (Å²) in [6, 6.07) is 13.6. The van der Waals surface area contributed by atoms with E-state index >= 15 is 0 Å². The first-order chi connectivity index (χ1) is 12.6. The largest absolute Gasteiger partial charge is 0.268 e. The van der Waals surface area contributed by atoms with Crippen LogP contribution in [0.1, 0.15) is 24.5 Å². The summed E-state index contributed by atoms with van der Waals surface area (Å²) in [5, 5.41) is 10.2. The highest BCUT2D eigenvalue weighted by Gasteiger charge is 2.18. The minimum absolute atomic E-state index is 0.0683. The molecule has 132 valence electrons. The molecule has 0 fully saturated rings. The van der Waals surface area contributed by atoms with Crippen molar-refractivity contribution in [3.63, 3.8) is 0 Å². The molecule has 26 heavy (non-hydrogen) atoms. The Hall–Kier alpha value is -2.60. The maximum absolute atomic E-state index is 13.3. The quantitative estimate of drug-likeness (QED) is 0.511. The van der Waals surface area contributed by atoms with Gasteiger partial charge in [-0.25, -0.2) is 4.57 Å². The normalized spacial score (nSPS) is 11.5. The van der Waals surface area contributed by atoms with Gasteiger partial charge in [0.2, 0.25) is 5.78 Å². The fraction of sp³-hybridized carbons (Fsp3) is 0.250. The zero-order valence-corrected chi connectivity index (χ0v) is 15.9. The Morgan fingerprint density at radius 2 is 1.85 bits per heavy atom. The third-order valence-electron chi connectivity index (χ3n) is 4.65. The van der Waals surface area contributed by atoms with Gasteiger partial charge in [-0.1, -0.05) is 43.0 Å². The number of thioether (sulfide) groups is 1. The molecule has 0 aliphatic carbocycles. The molecule has 0 radical (unpaired) electrons. The summed E-state index contributed by atoms with van der Waals surface area (Å²) in [5.41, 5.74) is 3.84. The molecule has 5 nitrogen and oxygen atoms in total. The fourth-order valence-electron chi connectivity index (χ4n) is 3.16. The van der Waals surface area contributed by atoms with Crippen LogP contribution in [0.5, 0.6) is 0 Å². The van der Waals surface area contributed by atoms with Crippen molar-refractivity contribution < 1.29 is 0 Å². The third kappa shape index (κ3) is 2.52. The lowest BCUT2D eigenvalue weighted by atomic mass is 10.1. The van der Waals surface area contributed by atoms with Crippen LogP contribution < -0.4 is 5.56 Å². The summed E-state index contributed by atoms with van der Waals surface area (Å²) in [4.78, 5) is 13.3. The van der Waals surface area contributed by atoms with Crippen LogP contribution in [0.25, 0.3) is 22.4 Å². The molecule has 2 heterocycles. The summed E-state index contributed by atoms with van der Waals surface area (Å²) >= 11 is 1.66. The highest BCUT2D eigenvalue weighted by Crippen LogP contribution is 2.25. The van der Waals surface area contributed by atoms with Gasteiger partial charge in [-0.05, 0) is 49.6 Å². The maximum atomic E-state index is 13.3. The molecule has 0 saturated carbocycles. The SMILES string of the molecule is CCCSc1nnc2n(-c3cccc(C)c3C)c(=O)c3ccccc3n12. The Balaban J connectivity index is 2.16. The van der Waals surface area contributed by atoms with E-state index in [1.54, 1.807) is 16.3 Å². The molecule has 0 bridgehead atoms. The van der Waals surface area contributed by atoms with E-state index in [2.05, 4.69) is 30.1 Å². The highest BCUT2D eigenvalue weighted by atomic mass is 32.2. The van der Waals surface area contributed by atoms with Gasteiger partial charge >= 0.3 is 0 Å². The van der Waals surface area contributed by atoms with Crippen LogP contribution in [0, 0.1) is 13.8 Å². The van der Waals surface area contributed by atoms with Gasteiger partial charge in [0, 0.05) is 5.75 Å². The summed E-state index contributed by atoms with van der Waals surface area (Å²) in [5.74, 6) is 1.51. The van der Waals surface area contributed by atoms with Crippen LogP contribution in [-0.2, 0) is 0 Å². The first kappa shape index (κ1) is 16.8. The van der Waals surface area contributed by atoms with Gasteiger partial charge in [0.1, 0.15) is 0 Å². The smallest absolute Gasteiger partial charge is 0.267 e. The number of fused-ring (bicyclic) bond motifs is 3. The lowest BCUT2D eigenvalue weighted by molar-refractivity contribution is 0.925. The molecule has 6 heteroatoms. The lowest BCUT2D eigenvalue weighted by Crippen LogP contribution is -2.22. The van der Waals surface area contributed by atoms with E-state index in [9.17, 15) is 4.79 Å². The average Bonchev–Trinajstić information content (AvgIpc) is 3.07. The van der Waals surface area contributed by atoms with Crippen LogP contribution in [0.3, 0.4) is 0 Å². The minimum atomic E-state index is -0.0683. The van der Waals surface area contributed by atoms with Gasteiger partial charge in [0.15, 0.2) is 5.16 Å². The average molecular weight is 364 g/mol. The van der Waals surface area contributed by atoms with Gasteiger partial charge in [-0.2, -0.15) is 0 Å². The van der Waals surface area contributed by atoms with Gasteiger partial charge < -0.3 is 0 Å². The Labute approximate surface area is 155 Å². The second-order valence-corrected chi connectivity index (χ2v) is 7.41. The van der Waals surface area contributed by atoms with Crippen molar-refractivity contribution in [1.82, 2.24) is 19.2 Å². The van der Waals surface area contributed by atoms with Gasteiger partial charge in [0.25, 0.3) is 5.56 Å². The topological polar surface area (TPSA) is 52.2 Å². The number of aryl methyl sites for hydroxylation is 1. The standard InChI is InChI=1S/C20H20N4OS/c1-4-12-26-20-22-21-19-23(16-11-7-8-13(2)14(16)3)18(25)15-9-5-6-10-17(15)24(19)20/h5-11H,4,12H2,1-3H3. The zero-order valence-electron chi connectivity index (χ0n) is 15.1. The van der Waals surface area contributed by atoms with Crippen molar-refractivity contribution in [2.45, 2.75) is 32.3 Å². The number of benzene rings is 2. The summed E-state index contributed by atoms with van der Waals surface area (Å²) in [7, 11) is 0. The summed E-state index contributed by atoms with van der Waals surface area (Å²) < 4.78 is 3.69. The highest BCUT2D eigenvalue weighted by molar-refractivity contribution is 7.99. The van der Waals surface area contributed by atoms with Crippen molar-refractivity contribution in [2.24, 2.45) is 0 Å². The van der Waals surface area contributed by atoms with Crippen molar-refractivity contribution in [3.8, 4) is 5.69 Å². The van der Waals surface area contributed by atoms with Crippen LogP contribution in [0.15, 0.2) is 52.4 Å². The van der Waals surface area contributed by atoms with Crippen molar-refractivity contribution in [3.05, 3.63) is 63.9 Å². The number of hydrogen-bond donors (Lipinski definition) is 0. The number of hydrogen-bond acceptors (Lipinski definition) is 4. The van der Waals surface area contributed by atoms with Gasteiger partial charge in [-0.15, -0.1) is 10.2 Å². The number of rotatable bonds is 4. The predicted octanol–water partition coefficient (Wildman–Crippen LogP) is 4.15. The number of para-hydroxylation sites is 1. The molecule has 0 spiro atoms. The minimum Gasteiger partial charge on any atom is -0.268 e. The van der Waals surface area contributed by atoms with E-state index in [-0.39, 0.29) is 5.56 Å². The van der Waals surface area contributed by atoms with Gasteiger partial charge in [0.05, 0.1) is 16.6 Å². The number of nitrogens with zero attached hydrogens (tertiary/aromatic N) is 4. The van der Waals surface area contributed by atoms with E-state index in [1.165, 1.54) is 0 Å². The van der Waals surface area contributed by atoms with Crippen LogP contribution in [0.4, 0.5) is 0 Å². The molecule has 0 amide bonds. The molecule has 2 aromatic carbocycles. The molecule has 2 aromatic heterocycles. The third-order valence-corrected chi connectivity index (χ3v) is 5.78. The predicted molar refractivity (Wildman–Crippen MR) is 107 cm³/mol. The van der Waals surface area contributed by atoms with Crippen LogP contribution >= 0.6 is 11.8 Å². The van der Waals surface area contributed by atoms with Gasteiger partial charge in [-0.3, -0.25) is 9.20 Å². The van der Waals surface area contributed by atoms with E-state index in [0.29, 0.717) is 11.2 Å². The molecule has 0 aliphatic heterocycles. The molecule has 0 unspecified atom stereocenters. The van der Waals surface area contributed by atoms with Crippen LogP contribution in [-0.4, -0.2) is 24.9 Å². The zero-order chi connectivity index (χ0) is 18.3. The second kappa shape index (κ2) is 6.61. The molecular weight excluding hydrogens is 344 g/mol. The molecule has 0 saturated heterocycles. The second-order valence-electron chi connectivity index (χ2n) is 6.34. The van der Waals surface area contributed by atoms with Crippen LogP contribution in [0.2, 0.25) is 0 Å². The first-order valence-electron chi connectivity index (χ1n) is 8.71. The Morgan fingerprint density at radius 3 is 2.65 bits per heavy atom. The fourth-order valence-corrected chi connectivity index (χ4v) is 3.95. The Kier molecular flexibility index (Phi) is 4.28. The molecule has 0 aliphatic rings. The van der Waals surface area contributed by atoms with E-state index in [1.807, 2.05) is 47.7 Å². The van der Waals surface area contributed by atoms with Crippen molar-refractivity contribution in [1.29, 1.82) is 0 Å². The van der Waals surface area contributed by atoms with E-state index in [4.69, 9.17) is 0 Å². The Bertz CT molecular complexity index is 1180. The lowest BCUT2D eigenvalue weighted by Gasteiger charge is -2.14. The molecule has 4 rings (SSSR count). The molecule has 4 aromatic rings. The maximum Gasteiger partial charge on any atom is 0.267 e. The summed E-state index contributed by atoms with van der Waals surface area (Å²) in [6.45, 7) is 6.22. The summed E-state index contributed by atoms with van der Waals surface area (Å²) in [6.07, 6.45) is 1.05. The Morgan fingerprint density at radius 1 is 1.04 bits per heavy atom. The first-order valence-corrected chi connectivity index (χ1v) is 9.70. The molecule has 0 atom stereocenters. The van der Waals surface area contributed by atoms with E-state index in [0.717, 1.165) is 39.7 Å². The van der Waals surface area contributed by atoms with Crippen molar-refractivity contribution >= 4 is 28.4 Å². The van der Waals surface area contributed by atoms with Crippen molar-refractivity contribution in [2.75, 3.05) is 5.75 Å². The monoisotopic (exact) mass is 364 g/mol.